The predicted molar refractivity (Wildman–Crippen MR) is 153 cm³/mol. The molecule has 0 spiro atoms. The van der Waals surface area contributed by atoms with E-state index in [1.165, 1.54) is 39.9 Å². The molecule has 4 aromatic rings. The summed E-state index contributed by atoms with van der Waals surface area (Å²) >= 11 is 1.22. The van der Waals surface area contributed by atoms with Crippen LogP contribution in [0.15, 0.2) is 76.6 Å². The fraction of sp³-hybridized carbons (Fsp3) is 0.276. The standard InChI is InChI=1S/C29H29N3O7S2/c1-3-31(18-20-8-6-5-7-9-20)41(35,36)22-12-10-21(11-13-22)28(34)30-29-32(19-27(33)37-4-2)23-16-24-25(17-26(23)40-29)39-15-14-38-24/h5-13,16-17H,3-4,14-15,18-19H2,1-2H3. The zero-order chi connectivity index (χ0) is 29.0. The molecule has 1 amide bonds. The maximum absolute atomic E-state index is 13.3. The molecule has 1 aliphatic heterocycles. The average molecular weight is 596 g/mol. The number of thiazole rings is 1. The van der Waals surface area contributed by atoms with Crippen LogP contribution in [0.5, 0.6) is 11.5 Å². The minimum absolute atomic E-state index is 0.0802. The Bertz CT molecular complexity index is 1740. The van der Waals surface area contributed by atoms with Gasteiger partial charge in [-0.25, -0.2) is 8.42 Å². The Balaban J connectivity index is 1.45. The topological polar surface area (TPSA) is 117 Å². The van der Waals surface area contributed by atoms with Crippen LogP contribution >= 0.6 is 11.3 Å². The van der Waals surface area contributed by atoms with E-state index in [9.17, 15) is 18.0 Å². The summed E-state index contributed by atoms with van der Waals surface area (Å²) < 4.78 is 46.9. The largest absolute Gasteiger partial charge is 0.486 e. The van der Waals surface area contributed by atoms with Gasteiger partial charge in [-0.2, -0.15) is 9.30 Å². The molecule has 214 valence electrons. The molecule has 0 fully saturated rings. The van der Waals surface area contributed by atoms with Crippen LogP contribution in [0.3, 0.4) is 0 Å². The molecule has 0 aliphatic carbocycles. The van der Waals surface area contributed by atoms with Crippen molar-refractivity contribution in [2.75, 3.05) is 26.4 Å². The van der Waals surface area contributed by atoms with Gasteiger partial charge in [0.05, 0.1) is 21.7 Å². The van der Waals surface area contributed by atoms with Crippen molar-refractivity contribution < 1.29 is 32.2 Å². The molecule has 1 aromatic heterocycles. The van der Waals surface area contributed by atoms with Crippen molar-refractivity contribution in [1.82, 2.24) is 8.87 Å². The summed E-state index contributed by atoms with van der Waals surface area (Å²) in [6, 6.07) is 18.6. The van der Waals surface area contributed by atoms with E-state index in [1.807, 2.05) is 30.3 Å². The fourth-order valence-corrected chi connectivity index (χ4v) is 6.88. The molecule has 1 aliphatic rings. The maximum Gasteiger partial charge on any atom is 0.326 e. The van der Waals surface area contributed by atoms with Gasteiger partial charge in [-0.05, 0) is 36.8 Å². The number of carbonyl (C=O) groups is 2. The first kappa shape index (κ1) is 28.5. The SMILES string of the molecule is CCOC(=O)Cn1c(=NC(=O)c2ccc(S(=O)(=O)N(CC)Cc3ccccc3)cc2)sc2cc3c(cc21)OCCO3. The van der Waals surface area contributed by atoms with E-state index in [2.05, 4.69) is 4.99 Å². The molecule has 0 saturated carbocycles. The van der Waals surface area contributed by atoms with Gasteiger partial charge in [0.2, 0.25) is 10.0 Å². The number of amides is 1. The zero-order valence-electron chi connectivity index (χ0n) is 22.6. The summed E-state index contributed by atoms with van der Waals surface area (Å²) in [6.07, 6.45) is 0. The number of aromatic nitrogens is 1. The van der Waals surface area contributed by atoms with Crippen LogP contribution in [0, 0.1) is 0 Å². The van der Waals surface area contributed by atoms with Gasteiger partial charge in [0.15, 0.2) is 16.3 Å². The molecule has 2 heterocycles. The second-order valence-corrected chi connectivity index (χ2v) is 12.0. The third-order valence-electron chi connectivity index (χ3n) is 6.43. The summed E-state index contributed by atoms with van der Waals surface area (Å²) in [5, 5.41) is 0. The fourth-order valence-electron chi connectivity index (χ4n) is 4.40. The number of benzene rings is 3. The van der Waals surface area contributed by atoms with E-state index >= 15 is 0 Å². The van der Waals surface area contributed by atoms with Crippen LogP contribution in [0.1, 0.15) is 29.8 Å². The third-order valence-corrected chi connectivity index (χ3v) is 9.41. The molecule has 0 unspecified atom stereocenters. The van der Waals surface area contributed by atoms with Crippen LogP contribution in [0.25, 0.3) is 10.2 Å². The Kier molecular flexibility index (Phi) is 8.52. The Morgan fingerprint density at radius 1 is 1.00 bits per heavy atom. The van der Waals surface area contributed by atoms with Gasteiger partial charge in [-0.3, -0.25) is 9.59 Å². The van der Waals surface area contributed by atoms with E-state index in [-0.39, 0.29) is 35.0 Å². The van der Waals surface area contributed by atoms with Crippen LogP contribution in [0.4, 0.5) is 0 Å². The second kappa shape index (κ2) is 12.2. The molecule has 0 bridgehead atoms. The number of hydrogen-bond acceptors (Lipinski definition) is 8. The summed E-state index contributed by atoms with van der Waals surface area (Å²) in [5.41, 5.74) is 1.74. The van der Waals surface area contributed by atoms with E-state index in [1.54, 1.807) is 30.5 Å². The molecule has 0 N–H and O–H groups in total. The van der Waals surface area contributed by atoms with Crippen molar-refractivity contribution in [1.29, 1.82) is 0 Å². The number of nitrogens with zero attached hydrogens (tertiary/aromatic N) is 3. The molecule has 12 heteroatoms. The first-order chi connectivity index (χ1) is 19.8. The van der Waals surface area contributed by atoms with Gasteiger partial charge >= 0.3 is 5.97 Å². The van der Waals surface area contributed by atoms with Crippen LogP contribution < -0.4 is 14.3 Å². The number of sulfonamides is 1. The van der Waals surface area contributed by atoms with Crippen LogP contribution in [-0.2, 0) is 32.6 Å². The smallest absolute Gasteiger partial charge is 0.326 e. The zero-order valence-corrected chi connectivity index (χ0v) is 24.2. The Morgan fingerprint density at radius 2 is 1.68 bits per heavy atom. The molecule has 0 atom stereocenters. The van der Waals surface area contributed by atoms with E-state index < -0.39 is 21.9 Å². The first-order valence-electron chi connectivity index (χ1n) is 13.1. The highest BCUT2D eigenvalue weighted by atomic mass is 32.2. The molecule has 3 aromatic carbocycles. The molecular formula is C29H29N3O7S2. The predicted octanol–water partition coefficient (Wildman–Crippen LogP) is 3.99. The summed E-state index contributed by atoms with van der Waals surface area (Å²) in [4.78, 5) is 30.3. The molecule has 5 rings (SSSR count). The molecule has 0 radical (unpaired) electrons. The van der Waals surface area contributed by atoms with Gasteiger partial charge in [0.25, 0.3) is 5.91 Å². The lowest BCUT2D eigenvalue weighted by Crippen LogP contribution is -2.30. The summed E-state index contributed by atoms with van der Waals surface area (Å²) in [6.45, 7) is 4.93. The second-order valence-electron chi connectivity index (χ2n) is 9.10. The number of esters is 1. The monoisotopic (exact) mass is 595 g/mol. The van der Waals surface area contributed by atoms with Gasteiger partial charge in [-0.15, -0.1) is 0 Å². The lowest BCUT2D eigenvalue weighted by atomic mass is 10.2. The first-order valence-corrected chi connectivity index (χ1v) is 15.4. The highest BCUT2D eigenvalue weighted by Gasteiger charge is 2.24. The van der Waals surface area contributed by atoms with Gasteiger partial charge in [-0.1, -0.05) is 48.6 Å². The third kappa shape index (κ3) is 6.19. The summed E-state index contributed by atoms with van der Waals surface area (Å²) in [5.74, 6) is 0.0760. The molecule has 10 nitrogen and oxygen atoms in total. The molecular weight excluding hydrogens is 566 g/mol. The Morgan fingerprint density at radius 3 is 2.34 bits per heavy atom. The number of rotatable bonds is 9. The van der Waals surface area contributed by atoms with Gasteiger partial charge in [0.1, 0.15) is 19.8 Å². The van der Waals surface area contributed by atoms with Crippen molar-refractivity contribution in [3.63, 3.8) is 0 Å². The number of hydrogen-bond donors (Lipinski definition) is 0. The number of fused-ring (bicyclic) bond motifs is 2. The van der Waals surface area contributed by atoms with E-state index in [0.717, 1.165) is 10.3 Å². The molecule has 41 heavy (non-hydrogen) atoms. The normalized spacial score (nSPS) is 13.5. The van der Waals surface area contributed by atoms with Crippen molar-refractivity contribution in [2.45, 2.75) is 31.8 Å². The van der Waals surface area contributed by atoms with Gasteiger partial charge in [0, 0.05) is 30.8 Å². The number of carbonyl (C=O) groups excluding carboxylic acids is 2. The van der Waals surface area contributed by atoms with Crippen molar-refractivity contribution >= 4 is 43.5 Å². The number of ether oxygens (including phenoxy) is 3. The highest BCUT2D eigenvalue weighted by Crippen LogP contribution is 2.35. The van der Waals surface area contributed by atoms with Crippen LogP contribution in [0.2, 0.25) is 0 Å². The maximum atomic E-state index is 13.3. The van der Waals surface area contributed by atoms with E-state index in [0.29, 0.717) is 36.8 Å². The Labute approximate surface area is 241 Å². The summed E-state index contributed by atoms with van der Waals surface area (Å²) in [7, 11) is -3.79. The van der Waals surface area contributed by atoms with Crippen LogP contribution in [-0.4, -0.2) is 55.5 Å². The highest BCUT2D eigenvalue weighted by molar-refractivity contribution is 7.89. The van der Waals surface area contributed by atoms with E-state index in [4.69, 9.17) is 14.2 Å². The van der Waals surface area contributed by atoms with Crippen molar-refractivity contribution in [3.8, 4) is 11.5 Å². The van der Waals surface area contributed by atoms with Crippen molar-refractivity contribution in [3.05, 3.63) is 82.7 Å². The Hall–Kier alpha value is -4.00. The van der Waals surface area contributed by atoms with Crippen molar-refractivity contribution in [2.24, 2.45) is 4.99 Å². The average Bonchev–Trinajstić information content (AvgIpc) is 3.30. The lowest BCUT2D eigenvalue weighted by Gasteiger charge is -2.20. The minimum atomic E-state index is -3.79. The quantitative estimate of drug-likeness (QED) is 0.269. The minimum Gasteiger partial charge on any atom is -0.486 e. The van der Waals surface area contributed by atoms with Gasteiger partial charge < -0.3 is 18.8 Å². The molecule has 0 saturated heterocycles. The lowest BCUT2D eigenvalue weighted by molar-refractivity contribution is -0.143.